The van der Waals surface area contributed by atoms with E-state index >= 15 is 0 Å². The molecule has 0 fully saturated rings. The monoisotopic (exact) mass is 364 g/mol. The van der Waals surface area contributed by atoms with E-state index in [2.05, 4.69) is 27.2 Å². The summed E-state index contributed by atoms with van der Waals surface area (Å²) in [5.41, 5.74) is 4.75. The molecule has 1 aliphatic heterocycles. The van der Waals surface area contributed by atoms with Gasteiger partial charge in [0.2, 0.25) is 0 Å². The van der Waals surface area contributed by atoms with Crippen LogP contribution in [0.5, 0.6) is 0 Å². The average Bonchev–Trinajstić information content (AvgIpc) is 3.26. The average molecular weight is 364 g/mol. The van der Waals surface area contributed by atoms with E-state index in [1.807, 2.05) is 24.3 Å². The van der Waals surface area contributed by atoms with Crippen LogP contribution in [0, 0.1) is 0 Å². The smallest absolute Gasteiger partial charge is 0.289 e. The highest BCUT2D eigenvalue weighted by Crippen LogP contribution is 2.27. The summed E-state index contributed by atoms with van der Waals surface area (Å²) in [5, 5.41) is 7.78. The fourth-order valence-corrected chi connectivity index (χ4v) is 3.54. The van der Waals surface area contributed by atoms with E-state index in [0.717, 1.165) is 42.9 Å². The zero-order valence-electron chi connectivity index (χ0n) is 15.7. The molecule has 0 radical (unpaired) electrons. The molecule has 4 rings (SSSR count). The molecule has 140 valence electrons. The van der Waals surface area contributed by atoms with Gasteiger partial charge in [-0.2, -0.15) is 5.10 Å². The quantitative estimate of drug-likeness (QED) is 0.773. The molecule has 0 atom stereocenters. The highest BCUT2D eigenvalue weighted by Gasteiger charge is 2.21. The summed E-state index contributed by atoms with van der Waals surface area (Å²) < 4.78 is 5.75. The normalized spacial score (nSPS) is 14.6. The van der Waals surface area contributed by atoms with Gasteiger partial charge in [0.15, 0.2) is 5.76 Å². The number of aromatic amines is 1. The van der Waals surface area contributed by atoms with Crippen molar-refractivity contribution >= 4 is 5.91 Å². The number of fused-ring (bicyclic) bond motifs is 1. The Balaban J connectivity index is 1.45. The number of nitrogens with zero attached hydrogens (tertiary/aromatic N) is 3. The van der Waals surface area contributed by atoms with E-state index in [1.54, 1.807) is 20.2 Å². The maximum atomic E-state index is 12.0. The molecular weight excluding hydrogens is 340 g/mol. The van der Waals surface area contributed by atoms with Crippen LogP contribution in [0.1, 0.15) is 27.6 Å². The van der Waals surface area contributed by atoms with Crippen molar-refractivity contribution in [2.75, 3.05) is 27.2 Å². The topological polar surface area (TPSA) is 65.4 Å². The Labute approximate surface area is 158 Å². The van der Waals surface area contributed by atoms with Crippen LogP contribution in [0.2, 0.25) is 0 Å². The summed E-state index contributed by atoms with van der Waals surface area (Å²) in [6, 6.07) is 14.0. The second-order valence-electron chi connectivity index (χ2n) is 7.14. The lowest BCUT2D eigenvalue weighted by Crippen LogP contribution is -2.26. The van der Waals surface area contributed by atoms with Crippen LogP contribution in [0.4, 0.5) is 0 Å². The molecule has 1 amide bonds. The van der Waals surface area contributed by atoms with E-state index in [0.29, 0.717) is 12.3 Å². The number of rotatable bonds is 4. The van der Waals surface area contributed by atoms with Gasteiger partial charge >= 0.3 is 0 Å². The molecule has 0 spiro atoms. The minimum atomic E-state index is -0.106. The molecule has 0 unspecified atom stereocenters. The first-order valence-electron chi connectivity index (χ1n) is 9.26. The van der Waals surface area contributed by atoms with Gasteiger partial charge in [-0.3, -0.25) is 14.8 Å². The Hall–Kier alpha value is -2.86. The van der Waals surface area contributed by atoms with Gasteiger partial charge in [-0.1, -0.05) is 30.3 Å². The predicted octanol–water partition coefficient (Wildman–Crippen LogP) is 2.97. The molecule has 3 heterocycles. The number of carbonyl (C=O) groups is 1. The third-order valence-corrected chi connectivity index (χ3v) is 5.01. The van der Waals surface area contributed by atoms with E-state index < -0.39 is 0 Å². The lowest BCUT2D eigenvalue weighted by atomic mass is 10.0. The highest BCUT2D eigenvalue weighted by atomic mass is 16.4. The molecule has 27 heavy (non-hydrogen) atoms. The Bertz CT molecular complexity index is 927. The van der Waals surface area contributed by atoms with E-state index in [4.69, 9.17) is 4.42 Å². The molecule has 0 bridgehead atoms. The van der Waals surface area contributed by atoms with Crippen molar-refractivity contribution in [2.45, 2.75) is 19.4 Å². The summed E-state index contributed by atoms with van der Waals surface area (Å²) in [4.78, 5) is 15.9. The number of H-pyrrole nitrogens is 1. The van der Waals surface area contributed by atoms with Crippen LogP contribution in [0.15, 0.2) is 46.9 Å². The number of hydrogen-bond acceptors (Lipinski definition) is 4. The minimum Gasteiger partial charge on any atom is -0.455 e. The van der Waals surface area contributed by atoms with Crippen molar-refractivity contribution in [1.29, 1.82) is 0 Å². The molecule has 1 N–H and O–H groups in total. The third kappa shape index (κ3) is 3.66. The highest BCUT2D eigenvalue weighted by molar-refractivity contribution is 5.91. The molecule has 0 aliphatic carbocycles. The number of hydrogen-bond donors (Lipinski definition) is 1. The van der Waals surface area contributed by atoms with Crippen LogP contribution < -0.4 is 0 Å². The standard InChI is InChI=1S/C21H24N4O2/c1-24(2)21(26)19-9-8-16(27-19)14-25-12-10-17-18(11-13-25)22-23-20(17)15-6-4-3-5-7-15/h3-9H,10-14H2,1-2H3,(H,22,23). The first-order valence-corrected chi connectivity index (χ1v) is 9.26. The number of aromatic nitrogens is 2. The summed E-state index contributed by atoms with van der Waals surface area (Å²) in [6.45, 7) is 2.57. The summed E-state index contributed by atoms with van der Waals surface area (Å²) in [6.07, 6.45) is 1.87. The zero-order valence-corrected chi connectivity index (χ0v) is 15.7. The van der Waals surface area contributed by atoms with Crippen LogP contribution in [0.25, 0.3) is 11.3 Å². The van der Waals surface area contributed by atoms with Gasteiger partial charge in [0.25, 0.3) is 5.91 Å². The van der Waals surface area contributed by atoms with Crippen molar-refractivity contribution < 1.29 is 9.21 Å². The second kappa shape index (κ2) is 7.40. The molecule has 1 aliphatic rings. The van der Waals surface area contributed by atoms with Crippen LogP contribution in [-0.4, -0.2) is 53.1 Å². The van der Waals surface area contributed by atoms with E-state index in [1.165, 1.54) is 16.2 Å². The molecule has 6 heteroatoms. The molecular formula is C21H24N4O2. The molecule has 2 aromatic heterocycles. The van der Waals surface area contributed by atoms with Gasteiger partial charge < -0.3 is 9.32 Å². The fraction of sp³-hybridized carbons (Fsp3) is 0.333. The summed E-state index contributed by atoms with van der Waals surface area (Å²) >= 11 is 0. The zero-order chi connectivity index (χ0) is 18.8. The third-order valence-electron chi connectivity index (χ3n) is 5.01. The Morgan fingerprint density at radius 1 is 1.15 bits per heavy atom. The van der Waals surface area contributed by atoms with Crippen LogP contribution in [0.3, 0.4) is 0 Å². The van der Waals surface area contributed by atoms with Crippen molar-refractivity contribution in [1.82, 2.24) is 20.0 Å². The summed E-state index contributed by atoms with van der Waals surface area (Å²) in [7, 11) is 3.46. The van der Waals surface area contributed by atoms with Crippen LogP contribution >= 0.6 is 0 Å². The fourth-order valence-electron chi connectivity index (χ4n) is 3.54. The first kappa shape index (κ1) is 17.5. The SMILES string of the molecule is CN(C)C(=O)c1ccc(CN2CCc3[nH]nc(-c4ccccc4)c3CC2)o1. The van der Waals surface area contributed by atoms with Gasteiger partial charge in [0.05, 0.1) is 12.2 Å². The van der Waals surface area contributed by atoms with Crippen molar-refractivity contribution in [3.63, 3.8) is 0 Å². The van der Waals surface area contributed by atoms with E-state index in [9.17, 15) is 4.79 Å². The van der Waals surface area contributed by atoms with Crippen LogP contribution in [-0.2, 0) is 19.4 Å². The Morgan fingerprint density at radius 3 is 2.70 bits per heavy atom. The predicted molar refractivity (Wildman–Crippen MR) is 103 cm³/mol. The van der Waals surface area contributed by atoms with Gasteiger partial charge in [0.1, 0.15) is 5.76 Å². The maximum absolute atomic E-state index is 12.0. The Kier molecular flexibility index (Phi) is 4.81. The maximum Gasteiger partial charge on any atom is 0.289 e. The van der Waals surface area contributed by atoms with E-state index in [-0.39, 0.29) is 5.91 Å². The first-order chi connectivity index (χ1) is 13.1. The Morgan fingerprint density at radius 2 is 1.93 bits per heavy atom. The number of furan rings is 1. The van der Waals surface area contributed by atoms with Gasteiger partial charge in [0, 0.05) is 50.4 Å². The lowest BCUT2D eigenvalue weighted by Gasteiger charge is -2.18. The molecule has 6 nitrogen and oxygen atoms in total. The number of carbonyl (C=O) groups excluding carboxylic acids is 1. The minimum absolute atomic E-state index is 0.106. The number of nitrogens with one attached hydrogen (secondary N) is 1. The van der Waals surface area contributed by atoms with Crippen molar-refractivity contribution in [2.24, 2.45) is 0 Å². The van der Waals surface area contributed by atoms with Gasteiger partial charge in [-0.05, 0) is 18.6 Å². The molecule has 0 saturated carbocycles. The number of amides is 1. The van der Waals surface area contributed by atoms with Gasteiger partial charge in [-0.15, -0.1) is 0 Å². The summed E-state index contributed by atoms with van der Waals surface area (Å²) in [5.74, 6) is 1.11. The van der Waals surface area contributed by atoms with Gasteiger partial charge in [-0.25, -0.2) is 0 Å². The molecule has 3 aromatic rings. The second-order valence-corrected chi connectivity index (χ2v) is 7.14. The molecule has 1 aromatic carbocycles. The number of benzene rings is 1. The van der Waals surface area contributed by atoms with Crippen molar-refractivity contribution in [3.8, 4) is 11.3 Å². The largest absolute Gasteiger partial charge is 0.455 e. The van der Waals surface area contributed by atoms with Crippen molar-refractivity contribution in [3.05, 3.63) is 65.2 Å². The molecule has 0 saturated heterocycles. The lowest BCUT2D eigenvalue weighted by molar-refractivity contribution is 0.0793.